The Kier molecular flexibility index (Phi) is 6.31. The van der Waals surface area contributed by atoms with Crippen molar-refractivity contribution in [2.45, 2.75) is 32.7 Å². The highest BCUT2D eigenvalue weighted by Crippen LogP contribution is 2.30. The van der Waals surface area contributed by atoms with Crippen LogP contribution in [0.3, 0.4) is 0 Å². The average Bonchev–Trinajstić information content (AvgIpc) is 3.38. The number of benzene rings is 2. The number of aliphatic carboxylic acids is 1. The molecule has 0 atom stereocenters. The molecule has 0 unspecified atom stereocenters. The Balaban J connectivity index is 1.34. The molecule has 2 N–H and O–H groups in total. The van der Waals surface area contributed by atoms with Gasteiger partial charge in [0, 0.05) is 40.7 Å². The van der Waals surface area contributed by atoms with Gasteiger partial charge in [0.05, 0.1) is 24.3 Å². The van der Waals surface area contributed by atoms with Crippen LogP contribution in [0.2, 0.25) is 0 Å². The van der Waals surface area contributed by atoms with E-state index in [-0.39, 0.29) is 6.54 Å². The van der Waals surface area contributed by atoms with Crippen LogP contribution in [0.5, 0.6) is 11.5 Å². The van der Waals surface area contributed by atoms with Crippen LogP contribution in [0.4, 0.5) is 0 Å². The molecule has 0 aliphatic heterocycles. The van der Waals surface area contributed by atoms with E-state index < -0.39 is 5.97 Å². The maximum atomic E-state index is 10.9. The smallest absolute Gasteiger partial charge is 0.323 e. The summed E-state index contributed by atoms with van der Waals surface area (Å²) in [6, 6.07) is 13.6. The second-order valence-electron chi connectivity index (χ2n) is 7.64. The van der Waals surface area contributed by atoms with E-state index >= 15 is 0 Å². The second kappa shape index (κ2) is 9.48. The van der Waals surface area contributed by atoms with E-state index in [2.05, 4.69) is 18.0 Å². The van der Waals surface area contributed by atoms with Gasteiger partial charge in [-0.1, -0.05) is 13.3 Å². The van der Waals surface area contributed by atoms with E-state index in [0.717, 1.165) is 58.1 Å². The van der Waals surface area contributed by atoms with E-state index in [1.807, 2.05) is 36.4 Å². The first kappa shape index (κ1) is 21.3. The molecule has 2 aromatic heterocycles. The van der Waals surface area contributed by atoms with E-state index in [4.69, 9.17) is 14.6 Å². The predicted molar refractivity (Wildman–Crippen MR) is 122 cm³/mol. The van der Waals surface area contributed by atoms with Gasteiger partial charge in [0.15, 0.2) is 0 Å². The summed E-state index contributed by atoms with van der Waals surface area (Å²) in [4.78, 5) is 14.2. The van der Waals surface area contributed by atoms with Crippen molar-refractivity contribution in [3.05, 3.63) is 59.9 Å². The molecule has 7 nitrogen and oxygen atoms in total. The molecule has 164 valence electrons. The van der Waals surface area contributed by atoms with Gasteiger partial charge in [-0.3, -0.25) is 4.79 Å². The highest BCUT2D eigenvalue weighted by Gasteiger charge is 2.12. The number of aromatic nitrogens is 2. The quantitative estimate of drug-likeness (QED) is 0.349. The number of ether oxygens (including phenoxy) is 2. The van der Waals surface area contributed by atoms with Crippen LogP contribution < -0.4 is 9.47 Å². The van der Waals surface area contributed by atoms with E-state index in [9.17, 15) is 10.1 Å². The fraction of sp³-hybridized carbons (Fsp3) is 0.280. The third-order valence-electron chi connectivity index (χ3n) is 5.40. The van der Waals surface area contributed by atoms with Crippen LogP contribution in [0.15, 0.2) is 48.8 Å². The van der Waals surface area contributed by atoms with Gasteiger partial charge in [-0.15, -0.1) is 0 Å². The highest BCUT2D eigenvalue weighted by atomic mass is 16.5. The minimum Gasteiger partial charge on any atom is -0.493 e. The molecule has 0 saturated heterocycles. The normalized spacial score (nSPS) is 11.0. The molecule has 2 aromatic carbocycles. The van der Waals surface area contributed by atoms with E-state index in [1.54, 1.807) is 17.0 Å². The summed E-state index contributed by atoms with van der Waals surface area (Å²) in [5.74, 6) is 0.715. The molecule has 32 heavy (non-hydrogen) atoms. The van der Waals surface area contributed by atoms with Gasteiger partial charge >= 0.3 is 5.97 Å². The van der Waals surface area contributed by atoms with Gasteiger partial charge < -0.3 is 24.1 Å². The number of hydrogen-bond donors (Lipinski definition) is 2. The molecule has 0 amide bonds. The molecule has 4 aromatic rings. The summed E-state index contributed by atoms with van der Waals surface area (Å²) >= 11 is 0. The molecule has 0 aliphatic rings. The Morgan fingerprint density at radius 1 is 1.19 bits per heavy atom. The van der Waals surface area contributed by atoms with Crippen LogP contribution in [-0.4, -0.2) is 33.8 Å². The topological polar surface area (TPSA) is 100 Å². The van der Waals surface area contributed by atoms with Gasteiger partial charge in [0.25, 0.3) is 0 Å². The molecular formula is C25H25N3O4. The number of nitrogens with one attached hydrogen (secondary N) is 1. The van der Waals surface area contributed by atoms with Crippen molar-refractivity contribution >= 4 is 27.8 Å². The van der Waals surface area contributed by atoms with Crippen LogP contribution >= 0.6 is 0 Å². The maximum absolute atomic E-state index is 10.9. The summed E-state index contributed by atoms with van der Waals surface area (Å²) in [6.07, 6.45) is 6.08. The van der Waals surface area contributed by atoms with E-state index in [1.165, 1.54) is 0 Å². The van der Waals surface area contributed by atoms with Gasteiger partial charge in [0.2, 0.25) is 0 Å². The van der Waals surface area contributed by atoms with Crippen molar-refractivity contribution in [2.24, 2.45) is 0 Å². The first-order chi connectivity index (χ1) is 15.6. The number of nitrogens with zero attached hydrogens (tertiary/aromatic N) is 2. The molecule has 0 radical (unpaired) electrons. The largest absolute Gasteiger partial charge is 0.493 e. The first-order valence-electron chi connectivity index (χ1n) is 10.7. The molecule has 0 bridgehead atoms. The number of nitriles is 1. The van der Waals surface area contributed by atoms with E-state index in [0.29, 0.717) is 18.8 Å². The third kappa shape index (κ3) is 4.40. The summed E-state index contributed by atoms with van der Waals surface area (Å²) < 4.78 is 13.6. The third-order valence-corrected chi connectivity index (χ3v) is 5.40. The summed E-state index contributed by atoms with van der Waals surface area (Å²) in [5, 5.41) is 20.1. The lowest BCUT2D eigenvalue weighted by Crippen LogP contribution is -2.07. The van der Waals surface area contributed by atoms with Crippen LogP contribution in [0.25, 0.3) is 21.8 Å². The number of carboxylic acids is 1. The Bertz CT molecular complexity index is 1300. The molecular weight excluding hydrogens is 406 g/mol. The number of carbonyl (C=O) groups is 1. The number of rotatable bonds is 10. The molecule has 0 fully saturated rings. The summed E-state index contributed by atoms with van der Waals surface area (Å²) in [5.41, 5.74) is 3.59. The first-order valence-corrected chi connectivity index (χ1v) is 10.7. The fourth-order valence-corrected chi connectivity index (χ4v) is 3.95. The maximum Gasteiger partial charge on any atom is 0.323 e. The average molecular weight is 431 g/mol. The number of aryl methyl sites for hydroxylation is 1. The SMILES string of the molecule is CCCc1c(OCCCOc2ccc3c(ccn3CC(=O)O)c2)ccc2c(C#N)c[nH]c12. The second-order valence-corrected chi connectivity index (χ2v) is 7.64. The van der Waals surface area contributed by atoms with Crippen molar-refractivity contribution in [1.29, 1.82) is 5.26 Å². The van der Waals surface area contributed by atoms with Crippen LogP contribution in [0, 0.1) is 11.3 Å². The molecule has 4 rings (SSSR count). The standard InChI is InChI=1S/C25H25N3O4/c1-2-4-21-23(8-6-20-18(14-26)15-27-25(20)21)32-12-3-11-31-19-5-7-22-17(13-19)9-10-28(22)16-24(29)30/h5-10,13,15,27H,2-4,11-12,16H2,1H3,(H,29,30). The molecule has 0 spiro atoms. The minimum absolute atomic E-state index is 0.0623. The molecule has 7 heteroatoms. The Morgan fingerprint density at radius 2 is 2.03 bits per heavy atom. The molecule has 0 saturated carbocycles. The summed E-state index contributed by atoms with van der Waals surface area (Å²) in [6.45, 7) is 3.09. The number of fused-ring (bicyclic) bond motifs is 2. The fourth-order valence-electron chi connectivity index (χ4n) is 3.95. The molecule has 0 aliphatic carbocycles. The van der Waals surface area contributed by atoms with Crippen LogP contribution in [0.1, 0.15) is 30.9 Å². The highest BCUT2D eigenvalue weighted by molar-refractivity contribution is 5.90. The lowest BCUT2D eigenvalue weighted by molar-refractivity contribution is -0.137. The van der Waals surface area contributed by atoms with Crippen molar-refractivity contribution in [3.8, 4) is 17.6 Å². The van der Waals surface area contributed by atoms with Gasteiger partial charge in [-0.25, -0.2) is 0 Å². The zero-order chi connectivity index (χ0) is 22.5. The predicted octanol–water partition coefficient (Wildman–Crippen LogP) is 4.88. The van der Waals surface area contributed by atoms with Crippen LogP contribution in [-0.2, 0) is 17.8 Å². The van der Waals surface area contributed by atoms with Crippen molar-refractivity contribution < 1.29 is 19.4 Å². The summed E-state index contributed by atoms with van der Waals surface area (Å²) in [7, 11) is 0. The Hall–Kier alpha value is -3.92. The Morgan fingerprint density at radius 3 is 2.81 bits per heavy atom. The lowest BCUT2D eigenvalue weighted by atomic mass is 10.0. The number of carboxylic acid groups (broad SMARTS) is 1. The number of aromatic amines is 1. The monoisotopic (exact) mass is 431 g/mol. The van der Waals surface area contributed by atoms with Gasteiger partial charge in [0.1, 0.15) is 24.1 Å². The van der Waals surface area contributed by atoms with Crippen molar-refractivity contribution in [1.82, 2.24) is 9.55 Å². The van der Waals surface area contributed by atoms with Gasteiger partial charge in [-0.05, 0) is 42.8 Å². The lowest BCUT2D eigenvalue weighted by Gasteiger charge is -2.13. The molecule has 2 heterocycles. The van der Waals surface area contributed by atoms with Crippen molar-refractivity contribution in [3.63, 3.8) is 0 Å². The van der Waals surface area contributed by atoms with Gasteiger partial charge in [-0.2, -0.15) is 5.26 Å². The Labute approximate surface area is 185 Å². The zero-order valence-corrected chi connectivity index (χ0v) is 17.9. The number of H-pyrrole nitrogens is 1. The van der Waals surface area contributed by atoms with Crippen molar-refractivity contribution in [2.75, 3.05) is 13.2 Å². The zero-order valence-electron chi connectivity index (χ0n) is 17.9. The number of hydrogen-bond acceptors (Lipinski definition) is 4. The minimum atomic E-state index is -0.870.